The lowest BCUT2D eigenvalue weighted by Gasteiger charge is -2.16. The minimum Gasteiger partial charge on any atom is -0.478 e. The van der Waals surface area contributed by atoms with E-state index in [9.17, 15) is 17.6 Å². The van der Waals surface area contributed by atoms with E-state index in [1.165, 1.54) is 14.0 Å². The normalized spacial score (nSPS) is 11.3. The molecule has 102 valence electrons. The molecule has 0 atom stereocenters. The molecule has 0 saturated heterocycles. The van der Waals surface area contributed by atoms with Gasteiger partial charge in [-0.3, -0.25) is 0 Å². The van der Waals surface area contributed by atoms with Gasteiger partial charge in [0.2, 0.25) is 10.0 Å². The Hall–Kier alpha value is -1.91. The first-order chi connectivity index (χ1) is 8.71. The monoisotopic (exact) mass is 285 g/mol. The van der Waals surface area contributed by atoms with Crippen LogP contribution in [0.2, 0.25) is 0 Å². The van der Waals surface area contributed by atoms with Crippen molar-refractivity contribution in [2.24, 2.45) is 0 Å². The van der Waals surface area contributed by atoms with Crippen molar-refractivity contribution in [1.82, 2.24) is 4.31 Å². The number of terminal acetylenes is 1. The third-order valence-electron chi connectivity index (χ3n) is 2.55. The number of benzene rings is 1. The van der Waals surface area contributed by atoms with E-state index in [0.717, 1.165) is 16.4 Å². The summed E-state index contributed by atoms with van der Waals surface area (Å²) in [5.41, 5.74) is -0.579. The zero-order valence-corrected chi connectivity index (χ0v) is 11.2. The Bertz CT molecular complexity index is 661. The lowest BCUT2D eigenvalue weighted by atomic mass is 10.1. The molecule has 5 nitrogen and oxygen atoms in total. The van der Waals surface area contributed by atoms with Gasteiger partial charge < -0.3 is 5.11 Å². The smallest absolute Gasteiger partial charge is 0.335 e. The second kappa shape index (κ2) is 5.38. The Balaban J connectivity index is 3.51. The van der Waals surface area contributed by atoms with Gasteiger partial charge in [-0.2, -0.15) is 4.31 Å². The third kappa shape index (κ3) is 2.92. The molecule has 7 heteroatoms. The van der Waals surface area contributed by atoms with E-state index in [1.807, 2.05) is 0 Å². The number of aromatic carboxylic acids is 1. The molecule has 0 radical (unpaired) electrons. The fourth-order valence-corrected chi connectivity index (χ4v) is 2.77. The van der Waals surface area contributed by atoms with E-state index >= 15 is 0 Å². The molecule has 0 amide bonds. The maximum atomic E-state index is 13.6. The van der Waals surface area contributed by atoms with Crippen LogP contribution in [0.5, 0.6) is 0 Å². The fourth-order valence-electron chi connectivity index (χ4n) is 1.43. The highest BCUT2D eigenvalue weighted by Gasteiger charge is 2.25. The second-order valence-corrected chi connectivity index (χ2v) is 5.86. The summed E-state index contributed by atoms with van der Waals surface area (Å²) in [5, 5.41) is 8.82. The molecule has 0 aliphatic heterocycles. The molecule has 19 heavy (non-hydrogen) atoms. The van der Waals surface area contributed by atoms with Crippen molar-refractivity contribution in [3.63, 3.8) is 0 Å². The summed E-state index contributed by atoms with van der Waals surface area (Å²) in [4.78, 5) is 10.4. The Morgan fingerprint density at radius 3 is 2.58 bits per heavy atom. The molecule has 0 saturated carbocycles. The second-order valence-electron chi connectivity index (χ2n) is 3.85. The van der Waals surface area contributed by atoms with Crippen molar-refractivity contribution in [2.45, 2.75) is 11.8 Å². The highest BCUT2D eigenvalue weighted by Crippen LogP contribution is 2.23. The highest BCUT2D eigenvalue weighted by molar-refractivity contribution is 7.89. The molecule has 0 aromatic heterocycles. The van der Waals surface area contributed by atoms with E-state index in [2.05, 4.69) is 5.92 Å². The average molecular weight is 285 g/mol. The van der Waals surface area contributed by atoms with Crippen LogP contribution in [0.1, 0.15) is 15.9 Å². The predicted octanol–water partition coefficient (Wildman–Crippen LogP) is 1.09. The molecule has 1 aromatic rings. The molecular weight excluding hydrogens is 273 g/mol. The zero-order chi connectivity index (χ0) is 14.8. The van der Waals surface area contributed by atoms with Crippen LogP contribution >= 0.6 is 0 Å². The molecule has 1 N–H and O–H groups in total. The molecule has 0 aliphatic carbocycles. The van der Waals surface area contributed by atoms with Crippen LogP contribution in [0, 0.1) is 25.1 Å². The molecule has 0 heterocycles. The molecule has 0 aliphatic rings. The third-order valence-corrected chi connectivity index (χ3v) is 4.48. The number of halogens is 1. The van der Waals surface area contributed by atoms with Crippen LogP contribution < -0.4 is 0 Å². The van der Waals surface area contributed by atoms with Crippen LogP contribution in [0.4, 0.5) is 4.39 Å². The standard InChI is InChI=1S/C12H12FNO4S/c1-4-5-14(3)19(17,18)11-7-9(12(15)16)6-10(13)8(11)2/h1,6-7H,5H2,2-3H3,(H,15,16). The van der Waals surface area contributed by atoms with E-state index in [0.29, 0.717) is 0 Å². The molecule has 1 rings (SSSR count). The topological polar surface area (TPSA) is 74.7 Å². The quantitative estimate of drug-likeness (QED) is 0.840. The molecule has 0 fully saturated rings. The van der Waals surface area contributed by atoms with E-state index in [1.54, 1.807) is 0 Å². The number of hydrogen-bond acceptors (Lipinski definition) is 3. The largest absolute Gasteiger partial charge is 0.478 e. The Morgan fingerprint density at radius 1 is 1.53 bits per heavy atom. The number of carboxylic acid groups (broad SMARTS) is 1. The van der Waals surface area contributed by atoms with E-state index < -0.39 is 32.3 Å². The van der Waals surface area contributed by atoms with Gasteiger partial charge in [0, 0.05) is 12.6 Å². The minimum atomic E-state index is -4.02. The summed E-state index contributed by atoms with van der Waals surface area (Å²) in [5.74, 6) is -0.152. The maximum Gasteiger partial charge on any atom is 0.335 e. The number of sulfonamides is 1. The summed E-state index contributed by atoms with van der Waals surface area (Å²) < 4.78 is 38.7. The van der Waals surface area contributed by atoms with Gasteiger partial charge >= 0.3 is 5.97 Å². The fraction of sp³-hybridized carbons (Fsp3) is 0.250. The zero-order valence-electron chi connectivity index (χ0n) is 10.3. The highest BCUT2D eigenvalue weighted by atomic mass is 32.2. The molecule has 0 bridgehead atoms. The number of hydrogen-bond donors (Lipinski definition) is 1. The van der Waals surface area contributed by atoms with Gasteiger partial charge in [-0.25, -0.2) is 17.6 Å². The first kappa shape index (κ1) is 15.1. The predicted molar refractivity (Wildman–Crippen MR) is 66.7 cm³/mol. The van der Waals surface area contributed by atoms with Crippen LogP contribution in [0.25, 0.3) is 0 Å². The minimum absolute atomic E-state index is 0.145. The molecular formula is C12H12FNO4S. The Labute approximate surface area is 110 Å². The van der Waals surface area contributed by atoms with Crippen molar-refractivity contribution in [2.75, 3.05) is 13.6 Å². The number of rotatable bonds is 4. The summed E-state index contributed by atoms with van der Waals surface area (Å²) in [6.45, 7) is 1.07. The summed E-state index contributed by atoms with van der Waals surface area (Å²) in [6.07, 6.45) is 5.03. The van der Waals surface area contributed by atoms with Crippen LogP contribution in [-0.2, 0) is 10.0 Å². The van der Waals surface area contributed by atoms with Gasteiger partial charge in [0.15, 0.2) is 0 Å². The van der Waals surface area contributed by atoms with Crippen molar-refractivity contribution in [1.29, 1.82) is 0 Å². The average Bonchev–Trinajstić information content (AvgIpc) is 2.32. The maximum absolute atomic E-state index is 13.6. The Morgan fingerprint density at radius 2 is 2.11 bits per heavy atom. The Kier molecular flexibility index (Phi) is 4.29. The number of carboxylic acids is 1. The summed E-state index contributed by atoms with van der Waals surface area (Å²) in [6, 6.07) is 1.70. The van der Waals surface area contributed by atoms with E-state index in [-0.39, 0.29) is 12.1 Å². The SMILES string of the molecule is C#CCN(C)S(=O)(=O)c1cc(C(=O)O)cc(F)c1C. The summed E-state index contributed by atoms with van der Waals surface area (Å²) >= 11 is 0. The molecule has 0 spiro atoms. The van der Waals surface area contributed by atoms with Crippen LogP contribution in [0.3, 0.4) is 0 Å². The number of carbonyl (C=O) groups is 1. The van der Waals surface area contributed by atoms with Crippen molar-refractivity contribution in [3.8, 4) is 12.3 Å². The van der Waals surface area contributed by atoms with Crippen molar-refractivity contribution in [3.05, 3.63) is 29.1 Å². The van der Waals surface area contributed by atoms with Crippen molar-refractivity contribution >= 4 is 16.0 Å². The first-order valence-electron chi connectivity index (χ1n) is 5.15. The lowest BCUT2D eigenvalue weighted by Crippen LogP contribution is -2.28. The summed E-state index contributed by atoms with van der Waals surface area (Å²) in [7, 11) is -2.79. The van der Waals surface area contributed by atoms with Gasteiger partial charge in [-0.1, -0.05) is 5.92 Å². The van der Waals surface area contributed by atoms with Gasteiger partial charge in [0.05, 0.1) is 17.0 Å². The van der Waals surface area contributed by atoms with Crippen LogP contribution in [0.15, 0.2) is 17.0 Å². The van der Waals surface area contributed by atoms with Crippen molar-refractivity contribution < 1.29 is 22.7 Å². The lowest BCUT2D eigenvalue weighted by molar-refractivity contribution is 0.0696. The number of nitrogens with zero attached hydrogens (tertiary/aromatic N) is 1. The molecule has 0 unspecified atom stereocenters. The molecule has 1 aromatic carbocycles. The van der Waals surface area contributed by atoms with E-state index in [4.69, 9.17) is 11.5 Å². The van der Waals surface area contributed by atoms with Gasteiger partial charge in [0.1, 0.15) is 5.82 Å². The van der Waals surface area contributed by atoms with Gasteiger partial charge in [0.25, 0.3) is 0 Å². The van der Waals surface area contributed by atoms with Gasteiger partial charge in [-0.15, -0.1) is 6.42 Å². The van der Waals surface area contributed by atoms with Gasteiger partial charge in [-0.05, 0) is 19.1 Å². The van der Waals surface area contributed by atoms with Crippen LogP contribution in [-0.4, -0.2) is 37.4 Å². The first-order valence-corrected chi connectivity index (χ1v) is 6.59.